The van der Waals surface area contributed by atoms with Gasteiger partial charge in [0.2, 0.25) is 0 Å². The number of hydrogen-bond acceptors (Lipinski definition) is 4. The van der Waals surface area contributed by atoms with Crippen LogP contribution in [0.5, 0.6) is 5.75 Å². The van der Waals surface area contributed by atoms with Gasteiger partial charge in [-0.3, -0.25) is 4.79 Å². The molecule has 0 aromatic heterocycles. The summed E-state index contributed by atoms with van der Waals surface area (Å²) in [5, 5.41) is 0. The lowest BCUT2D eigenvalue weighted by Gasteiger charge is -2.20. The van der Waals surface area contributed by atoms with E-state index in [1.54, 1.807) is 0 Å². The molecule has 0 amide bonds. The molecule has 7 heteroatoms. The second-order valence-electron chi connectivity index (χ2n) is 4.36. The van der Waals surface area contributed by atoms with Crippen LogP contribution >= 0.6 is 0 Å². The van der Waals surface area contributed by atoms with E-state index in [2.05, 4.69) is 4.74 Å². The zero-order valence-electron chi connectivity index (χ0n) is 9.87. The molecule has 0 saturated carbocycles. The summed E-state index contributed by atoms with van der Waals surface area (Å²) < 4.78 is 45.1. The Hall–Kier alpha value is -1.60. The lowest BCUT2D eigenvalue weighted by molar-refractivity contribution is -0.274. The molecule has 1 fully saturated rings. The van der Waals surface area contributed by atoms with E-state index in [4.69, 9.17) is 10.5 Å². The highest BCUT2D eigenvalue weighted by Gasteiger charge is 2.39. The zero-order chi connectivity index (χ0) is 14.1. The molecule has 4 nitrogen and oxygen atoms in total. The fourth-order valence-corrected chi connectivity index (χ4v) is 1.88. The Kier molecular flexibility index (Phi) is 3.51. The fraction of sp³-hybridized carbons (Fsp3) is 0.417. The van der Waals surface area contributed by atoms with Gasteiger partial charge in [-0.25, -0.2) is 0 Å². The van der Waals surface area contributed by atoms with Gasteiger partial charge in [0.15, 0.2) is 5.78 Å². The number of halogens is 3. The average Bonchev–Trinajstić information content (AvgIpc) is 2.74. The van der Waals surface area contributed by atoms with Crippen molar-refractivity contribution < 1.29 is 27.4 Å². The first kappa shape index (κ1) is 13.8. The molecule has 104 valence electrons. The molecule has 2 N–H and O–H groups in total. The Morgan fingerprint density at radius 2 is 2.16 bits per heavy atom. The van der Waals surface area contributed by atoms with Crippen LogP contribution in [-0.4, -0.2) is 30.9 Å². The van der Waals surface area contributed by atoms with Crippen molar-refractivity contribution in [1.29, 1.82) is 0 Å². The van der Waals surface area contributed by atoms with E-state index < -0.39 is 23.4 Å². The van der Waals surface area contributed by atoms with Crippen LogP contribution in [0.2, 0.25) is 0 Å². The Morgan fingerprint density at radius 3 is 2.74 bits per heavy atom. The van der Waals surface area contributed by atoms with E-state index >= 15 is 0 Å². The molecule has 0 spiro atoms. The minimum Gasteiger partial charge on any atom is -0.406 e. The molecule has 0 aliphatic carbocycles. The Labute approximate surface area is 107 Å². The molecule has 1 atom stereocenters. The van der Waals surface area contributed by atoms with Gasteiger partial charge in [0.1, 0.15) is 11.3 Å². The second kappa shape index (κ2) is 4.82. The number of carbonyl (C=O) groups is 1. The molecular weight excluding hydrogens is 263 g/mol. The van der Waals surface area contributed by atoms with E-state index in [1.807, 2.05) is 0 Å². The third kappa shape index (κ3) is 3.24. The van der Waals surface area contributed by atoms with E-state index in [-0.39, 0.29) is 12.2 Å². The van der Waals surface area contributed by atoms with E-state index in [9.17, 15) is 18.0 Å². The molecule has 2 rings (SSSR count). The number of hydrogen-bond donors (Lipinski definition) is 1. The number of nitrogens with two attached hydrogens (primary N) is 1. The zero-order valence-corrected chi connectivity index (χ0v) is 9.87. The number of alkyl halides is 3. The maximum absolute atomic E-state index is 12.1. The summed E-state index contributed by atoms with van der Waals surface area (Å²) in [4.78, 5) is 12.1. The number of carbonyl (C=O) groups excluding carboxylic acids is 1. The van der Waals surface area contributed by atoms with Crippen LogP contribution in [0.1, 0.15) is 16.8 Å². The third-order valence-corrected chi connectivity index (χ3v) is 2.83. The molecule has 1 aliphatic heterocycles. The predicted molar refractivity (Wildman–Crippen MR) is 59.8 cm³/mol. The number of rotatable bonds is 3. The molecule has 1 unspecified atom stereocenters. The SMILES string of the molecule is NC1(C(=O)c2cccc(OC(F)(F)F)c2)CCOC1. The van der Waals surface area contributed by atoms with Crippen molar-refractivity contribution in [2.24, 2.45) is 5.73 Å². The fourth-order valence-electron chi connectivity index (χ4n) is 1.88. The highest BCUT2D eigenvalue weighted by molar-refractivity contribution is 6.03. The summed E-state index contributed by atoms with van der Waals surface area (Å²) in [6.45, 7) is 0.428. The van der Waals surface area contributed by atoms with Crippen molar-refractivity contribution in [2.45, 2.75) is 18.3 Å². The first-order valence-electron chi connectivity index (χ1n) is 5.57. The highest BCUT2D eigenvalue weighted by atomic mass is 19.4. The van der Waals surface area contributed by atoms with E-state index in [0.717, 1.165) is 12.1 Å². The average molecular weight is 275 g/mol. The van der Waals surface area contributed by atoms with E-state index in [1.165, 1.54) is 12.1 Å². The van der Waals surface area contributed by atoms with Crippen molar-refractivity contribution in [3.63, 3.8) is 0 Å². The highest BCUT2D eigenvalue weighted by Crippen LogP contribution is 2.26. The van der Waals surface area contributed by atoms with Crippen LogP contribution in [0.3, 0.4) is 0 Å². The van der Waals surface area contributed by atoms with Gasteiger partial charge in [-0.15, -0.1) is 13.2 Å². The molecule has 1 aromatic carbocycles. The Morgan fingerprint density at radius 1 is 1.42 bits per heavy atom. The van der Waals surface area contributed by atoms with Crippen molar-refractivity contribution in [3.05, 3.63) is 29.8 Å². The maximum atomic E-state index is 12.1. The van der Waals surface area contributed by atoms with Gasteiger partial charge >= 0.3 is 6.36 Å². The van der Waals surface area contributed by atoms with Crippen LogP contribution in [0.15, 0.2) is 24.3 Å². The van der Waals surface area contributed by atoms with Crippen molar-refractivity contribution >= 4 is 5.78 Å². The molecule has 1 aliphatic rings. The lowest BCUT2D eigenvalue weighted by Crippen LogP contribution is -2.48. The minimum absolute atomic E-state index is 0.0657. The topological polar surface area (TPSA) is 61.6 Å². The summed E-state index contributed by atoms with van der Waals surface area (Å²) in [6, 6.07) is 4.87. The standard InChI is InChI=1S/C12H12F3NO3/c13-12(14,15)19-9-3-1-2-8(6-9)10(17)11(16)4-5-18-7-11/h1-3,6H,4-5,7,16H2. The molecule has 0 bridgehead atoms. The summed E-state index contributed by atoms with van der Waals surface area (Å²) in [7, 11) is 0. The molecule has 1 aromatic rings. The lowest BCUT2D eigenvalue weighted by atomic mass is 9.89. The summed E-state index contributed by atoms with van der Waals surface area (Å²) in [6.07, 6.45) is -4.45. The van der Waals surface area contributed by atoms with Gasteiger partial charge in [-0.05, 0) is 18.6 Å². The first-order chi connectivity index (χ1) is 8.80. The number of benzene rings is 1. The summed E-state index contributed by atoms with van der Waals surface area (Å²) in [5.41, 5.74) is 4.78. The Bertz CT molecular complexity index is 481. The van der Waals surface area contributed by atoms with Crippen LogP contribution in [0.4, 0.5) is 13.2 Å². The van der Waals surface area contributed by atoms with Gasteiger partial charge in [-0.2, -0.15) is 0 Å². The molecule has 0 radical (unpaired) electrons. The van der Waals surface area contributed by atoms with Gasteiger partial charge in [0.05, 0.1) is 6.61 Å². The van der Waals surface area contributed by atoms with Crippen LogP contribution < -0.4 is 10.5 Å². The second-order valence-corrected chi connectivity index (χ2v) is 4.36. The van der Waals surface area contributed by atoms with Crippen molar-refractivity contribution in [2.75, 3.05) is 13.2 Å². The summed E-state index contributed by atoms with van der Waals surface area (Å²) in [5.74, 6) is -0.890. The van der Waals surface area contributed by atoms with Gasteiger partial charge in [-0.1, -0.05) is 12.1 Å². The van der Waals surface area contributed by atoms with Crippen molar-refractivity contribution in [1.82, 2.24) is 0 Å². The van der Waals surface area contributed by atoms with Gasteiger partial charge < -0.3 is 15.2 Å². The van der Waals surface area contributed by atoms with Gasteiger partial charge in [0.25, 0.3) is 0 Å². The van der Waals surface area contributed by atoms with Crippen LogP contribution in [0.25, 0.3) is 0 Å². The predicted octanol–water partition coefficient (Wildman–Crippen LogP) is 1.89. The third-order valence-electron chi connectivity index (χ3n) is 2.83. The Balaban J connectivity index is 2.21. The minimum atomic E-state index is -4.79. The van der Waals surface area contributed by atoms with Gasteiger partial charge in [0, 0.05) is 12.2 Å². The van der Waals surface area contributed by atoms with E-state index in [0.29, 0.717) is 13.0 Å². The molecule has 1 heterocycles. The normalized spacial score (nSPS) is 23.4. The number of ketones is 1. The van der Waals surface area contributed by atoms with Crippen LogP contribution in [0, 0.1) is 0 Å². The maximum Gasteiger partial charge on any atom is 0.573 e. The molecule has 19 heavy (non-hydrogen) atoms. The van der Waals surface area contributed by atoms with Crippen LogP contribution in [-0.2, 0) is 4.74 Å². The number of Topliss-reactive ketones (excluding diaryl/α,β-unsaturated/α-hetero) is 1. The largest absolute Gasteiger partial charge is 0.573 e. The van der Waals surface area contributed by atoms with Crippen molar-refractivity contribution in [3.8, 4) is 5.75 Å². The first-order valence-corrected chi connectivity index (χ1v) is 5.57. The molecule has 1 saturated heterocycles. The molecular formula is C12H12F3NO3. The smallest absolute Gasteiger partial charge is 0.406 e. The summed E-state index contributed by atoms with van der Waals surface area (Å²) >= 11 is 0. The number of ether oxygens (including phenoxy) is 2. The monoisotopic (exact) mass is 275 g/mol. The quantitative estimate of drug-likeness (QED) is 0.856.